The second-order valence-electron chi connectivity index (χ2n) is 7.20. The zero-order valence-electron chi connectivity index (χ0n) is 16.8. The van der Waals surface area contributed by atoms with Crippen molar-refractivity contribution in [3.63, 3.8) is 0 Å². The van der Waals surface area contributed by atoms with Crippen molar-refractivity contribution in [2.45, 2.75) is 45.2 Å². The molecule has 0 fully saturated rings. The van der Waals surface area contributed by atoms with Gasteiger partial charge in [-0.2, -0.15) is 8.78 Å². The molecule has 0 amide bonds. The lowest BCUT2D eigenvalue weighted by atomic mass is 9.97. The number of ether oxygens (including phenoxy) is 1. The molecule has 0 saturated heterocycles. The number of allylic oxidation sites excluding steroid dienone is 1. The number of aryl methyl sites for hydroxylation is 2. The summed E-state index contributed by atoms with van der Waals surface area (Å²) in [5, 5.41) is 0. The number of nitrogens with one attached hydrogen (secondary N) is 1. The highest BCUT2D eigenvalue weighted by atomic mass is 32.2. The number of halogens is 2. The monoisotopic (exact) mass is 441 g/mol. The number of alkyl halides is 2. The topological polar surface area (TPSA) is 55.4 Å². The maximum atomic E-state index is 12.8. The molecular weight excluding hydrogens is 415 g/mol. The third-order valence-electron chi connectivity index (χ3n) is 4.40. The van der Waals surface area contributed by atoms with Gasteiger partial charge in [0.1, 0.15) is 5.75 Å². The van der Waals surface area contributed by atoms with Gasteiger partial charge in [-0.15, -0.1) is 6.58 Å². The maximum absolute atomic E-state index is 12.8. The Labute approximate surface area is 173 Å². The van der Waals surface area contributed by atoms with E-state index in [2.05, 4.69) is 16.0 Å². The lowest BCUT2D eigenvalue weighted by Gasteiger charge is -2.15. The van der Waals surface area contributed by atoms with Crippen LogP contribution in [0.25, 0.3) is 0 Å². The molecule has 0 aliphatic carbocycles. The van der Waals surface area contributed by atoms with Gasteiger partial charge in [-0.1, -0.05) is 17.7 Å². The molecule has 0 aromatic heterocycles. The van der Waals surface area contributed by atoms with Gasteiger partial charge in [0.15, 0.2) is 0 Å². The van der Waals surface area contributed by atoms with Gasteiger partial charge in [0.25, 0.3) is 0 Å². The Balaban J connectivity index is 2.13. The minimum absolute atomic E-state index is 0.0459. The minimum atomic E-state index is -3.67. The second kappa shape index (κ2) is 9.23. The van der Waals surface area contributed by atoms with E-state index >= 15 is 0 Å². The predicted octanol–water partition coefficient (Wildman–Crippen LogP) is 5.56. The lowest BCUT2D eigenvalue weighted by molar-refractivity contribution is -0.0892. The first kappa shape index (κ1) is 23.3. The number of hydrogen-bond acceptors (Lipinski definition) is 3. The first-order valence-electron chi connectivity index (χ1n) is 9.04. The average molecular weight is 441 g/mol. The Kier molecular flexibility index (Phi) is 7.41. The van der Waals surface area contributed by atoms with E-state index in [1.807, 2.05) is 26.8 Å². The molecule has 1 N–H and O–H groups in total. The van der Waals surface area contributed by atoms with E-state index in [9.17, 15) is 17.2 Å². The highest BCUT2D eigenvalue weighted by molar-refractivity contribution is 7.91. The molecule has 0 aliphatic rings. The zero-order chi connectivity index (χ0) is 21.8. The van der Waals surface area contributed by atoms with E-state index in [1.165, 1.54) is 33.5 Å². The van der Waals surface area contributed by atoms with Crippen LogP contribution in [-0.2, 0) is 22.2 Å². The van der Waals surface area contributed by atoms with Gasteiger partial charge in [-0.05, 0) is 89.4 Å². The molecule has 2 aromatic rings. The summed E-state index contributed by atoms with van der Waals surface area (Å²) in [5.41, 5.74) is 5.25. The fraction of sp³-hybridized carbons (Fsp3) is 0.333. The first-order valence-corrected chi connectivity index (χ1v) is 11.3. The highest BCUT2D eigenvalue weighted by Crippen LogP contribution is 2.28. The predicted molar refractivity (Wildman–Crippen MR) is 117 cm³/mol. The number of benzene rings is 2. The van der Waals surface area contributed by atoms with Crippen molar-refractivity contribution in [3.8, 4) is 5.75 Å². The van der Waals surface area contributed by atoms with Crippen molar-refractivity contribution in [1.29, 1.82) is 0 Å². The molecule has 0 saturated carbocycles. The number of anilines is 1. The molecule has 0 spiro atoms. The summed E-state index contributed by atoms with van der Waals surface area (Å²) < 4.78 is 57.9. The van der Waals surface area contributed by atoms with Crippen LogP contribution >= 0.6 is 9.24 Å². The van der Waals surface area contributed by atoms with Crippen molar-refractivity contribution < 1.29 is 21.9 Å². The maximum Gasteiger partial charge on any atom is 0.408 e. The molecule has 2 aromatic carbocycles. The van der Waals surface area contributed by atoms with Crippen LogP contribution in [0.3, 0.4) is 0 Å². The van der Waals surface area contributed by atoms with Gasteiger partial charge in [0.05, 0.1) is 5.75 Å². The number of rotatable bonds is 9. The van der Waals surface area contributed by atoms with E-state index in [4.69, 9.17) is 0 Å². The van der Waals surface area contributed by atoms with E-state index < -0.39 is 15.9 Å². The van der Waals surface area contributed by atoms with E-state index in [0.29, 0.717) is 11.3 Å². The SMILES string of the molecule is C=C(C)CCc1cc(NS(=O)(=O)Cc2ccc(OC(F)(F)P)cc2)cc(C)c1C. The molecular formula is C21H26F2NO3PS. The zero-order valence-corrected chi connectivity index (χ0v) is 18.7. The Hall–Kier alpha value is -1.98. The number of sulfonamides is 1. The summed E-state index contributed by atoms with van der Waals surface area (Å²) in [5.74, 6) is -3.70. The molecule has 1 unspecified atom stereocenters. The summed E-state index contributed by atoms with van der Waals surface area (Å²) in [4.78, 5) is 0. The van der Waals surface area contributed by atoms with Gasteiger partial charge < -0.3 is 4.74 Å². The highest BCUT2D eigenvalue weighted by Gasteiger charge is 2.23. The molecule has 0 radical (unpaired) electrons. The van der Waals surface area contributed by atoms with E-state index in [0.717, 1.165) is 35.1 Å². The molecule has 1 atom stereocenters. The smallest absolute Gasteiger partial charge is 0.408 e. The molecule has 158 valence electrons. The van der Waals surface area contributed by atoms with Crippen LogP contribution in [0.4, 0.5) is 14.5 Å². The van der Waals surface area contributed by atoms with Gasteiger partial charge >= 0.3 is 5.85 Å². The van der Waals surface area contributed by atoms with Gasteiger partial charge in [-0.3, -0.25) is 4.72 Å². The summed E-state index contributed by atoms with van der Waals surface area (Å²) in [6.45, 7) is 9.84. The van der Waals surface area contributed by atoms with Crippen LogP contribution < -0.4 is 9.46 Å². The summed E-state index contributed by atoms with van der Waals surface area (Å²) in [6.07, 6.45) is 1.62. The fourth-order valence-electron chi connectivity index (χ4n) is 2.84. The third-order valence-corrected chi connectivity index (χ3v) is 5.78. The molecule has 0 bridgehead atoms. The minimum Gasteiger partial charge on any atom is -0.430 e. The van der Waals surface area contributed by atoms with Crippen molar-refractivity contribution in [1.82, 2.24) is 0 Å². The van der Waals surface area contributed by atoms with Crippen molar-refractivity contribution in [3.05, 3.63) is 70.8 Å². The van der Waals surface area contributed by atoms with Crippen LogP contribution in [0, 0.1) is 13.8 Å². The third kappa shape index (κ3) is 7.75. The summed E-state index contributed by atoms with van der Waals surface area (Å²) in [7, 11) is -2.39. The van der Waals surface area contributed by atoms with Crippen LogP contribution in [0.2, 0.25) is 0 Å². The van der Waals surface area contributed by atoms with Crippen LogP contribution in [0.5, 0.6) is 5.75 Å². The molecule has 0 heterocycles. The quantitative estimate of drug-likeness (QED) is 0.410. The molecule has 2 rings (SSSR count). The van der Waals surface area contributed by atoms with Crippen LogP contribution in [0.1, 0.15) is 35.6 Å². The first-order chi connectivity index (χ1) is 13.3. The largest absolute Gasteiger partial charge is 0.430 e. The van der Waals surface area contributed by atoms with Crippen molar-refractivity contribution in [2.24, 2.45) is 0 Å². The van der Waals surface area contributed by atoms with E-state index in [1.54, 1.807) is 6.07 Å². The Bertz CT molecular complexity index is 984. The number of hydrogen-bond donors (Lipinski definition) is 1. The Morgan fingerprint density at radius 1 is 1.21 bits per heavy atom. The second-order valence-corrected chi connectivity index (χ2v) is 9.60. The van der Waals surface area contributed by atoms with Crippen molar-refractivity contribution >= 4 is 25.0 Å². The fourth-order valence-corrected chi connectivity index (χ4v) is 4.16. The Morgan fingerprint density at radius 2 is 1.83 bits per heavy atom. The molecule has 29 heavy (non-hydrogen) atoms. The van der Waals surface area contributed by atoms with E-state index in [-0.39, 0.29) is 11.5 Å². The van der Waals surface area contributed by atoms with Gasteiger partial charge in [0, 0.05) is 5.69 Å². The van der Waals surface area contributed by atoms with Crippen LogP contribution in [-0.4, -0.2) is 14.3 Å². The Morgan fingerprint density at radius 3 is 2.38 bits per heavy atom. The molecule has 4 nitrogen and oxygen atoms in total. The normalized spacial score (nSPS) is 11.9. The van der Waals surface area contributed by atoms with Crippen LogP contribution in [0.15, 0.2) is 48.6 Å². The van der Waals surface area contributed by atoms with Crippen molar-refractivity contribution in [2.75, 3.05) is 4.72 Å². The lowest BCUT2D eigenvalue weighted by Crippen LogP contribution is -2.16. The van der Waals surface area contributed by atoms with Gasteiger partial charge in [-0.25, -0.2) is 8.42 Å². The summed E-state index contributed by atoms with van der Waals surface area (Å²) >= 11 is 0. The van der Waals surface area contributed by atoms with Gasteiger partial charge in [0.2, 0.25) is 10.0 Å². The molecule has 8 heteroatoms. The standard InChI is InChI=1S/C21H26F2NO3PS/c1-14(2)5-8-18-12-19(11-15(3)16(18)4)24-29(25,26)13-17-6-9-20(10-7-17)27-21(22,23)28/h6-7,9-12,24H,1,5,8,13,28H2,2-4H3. The average Bonchev–Trinajstić information content (AvgIpc) is 2.56. The summed E-state index contributed by atoms with van der Waals surface area (Å²) in [6, 6.07) is 9.17. The molecule has 0 aliphatic heterocycles.